The second-order valence-electron chi connectivity index (χ2n) is 7.38. The summed E-state index contributed by atoms with van der Waals surface area (Å²) in [7, 11) is -1.20. The Morgan fingerprint density at radius 3 is 2.58 bits per heavy atom. The first kappa shape index (κ1) is 21.5. The third kappa shape index (κ3) is 5.84. The van der Waals surface area contributed by atoms with E-state index in [9.17, 15) is 13.2 Å². The molecule has 1 saturated heterocycles. The van der Waals surface area contributed by atoms with Crippen molar-refractivity contribution in [1.29, 1.82) is 0 Å². The lowest BCUT2D eigenvalue weighted by Gasteiger charge is -2.31. The van der Waals surface area contributed by atoms with E-state index >= 15 is 0 Å². The summed E-state index contributed by atoms with van der Waals surface area (Å²) in [6.07, 6.45) is 0.518. The molecule has 1 fully saturated rings. The SMILES string of the molecule is CC(C)CN(C(=O)CN(C)Cc1cccc(Cl)c1Cl)[C@H]1CCS(=O)(=O)C1. The van der Waals surface area contributed by atoms with Gasteiger partial charge in [0.25, 0.3) is 0 Å². The summed E-state index contributed by atoms with van der Waals surface area (Å²) < 4.78 is 23.6. The van der Waals surface area contributed by atoms with Crippen LogP contribution in [0.2, 0.25) is 10.0 Å². The number of sulfone groups is 1. The largest absolute Gasteiger partial charge is 0.337 e. The molecule has 1 amide bonds. The molecule has 0 saturated carbocycles. The van der Waals surface area contributed by atoms with Crippen molar-refractivity contribution >= 4 is 38.9 Å². The molecule has 2 rings (SSSR count). The fourth-order valence-electron chi connectivity index (χ4n) is 3.21. The molecule has 0 spiro atoms. The fraction of sp³-hybridized carbons (Fsp3) is 0.611. The predicted octanol–water partition coefficient (Wildman–Crippen LogP) is 3.10. The Labute approximate surface area is 166 Å². The minimum Gasteiger partial charge on any atom is -0.337 e. The Morgan fingerprint density at radius 2 is 2.00 bits per heavy atom. The summed E-state index contributed by atoms with van der Waals surface area (Å²) >= 11 is 12.3. The summed E-state index contributed by atoms with van der Waals surface area (Å²) in [5.41, 5.74) is 0.855. The number of carbonyl (C=O) groups is 1. The minimum atomic E-state index is -3.04. The normalized spacial score (nSPS) is 19.3. The lowest BCUT2D eigenvalue weighted by molar-refractivity contribution is -0.134. The minimum absolute atomic E-state index is 0.0542. The highest BCUT2D eigenvalue weighted by Gasteiger charge is 2.35. The van der Waals surface area contributed by atoms with Gasteiger partial charge in [-0.3, -0.25) is 9.69 Å². The summed E-state index contributed by atoms with van der Waals surface area (Å²) in [5.74, 6) is 0.444. The molecule has 0 aliphatic carbocycles. The zero-order valence-corrected chi connectivity index (χ0v) is 17.7. The molecule has 1 atom stereocenters. The number of amides is 1. The van der Waals surface area contributed by atoms with Crippen LogP contribution in [0.4, 0.5) is 0 Å². The van der Waals surface area contributed by atoms with Crippen molar-refractivity contribution in [3.63, 3.8) is 0 Å². The smallest absolute Gasteiger partial charge is 0.237 e. The van der Waals surface area contributed by atoms with Crippen LogP contribution in [0.3, 0.4) is 0 Å². The molecule has 146 valence electrons. The van der Waals surface area contributed by atoms with E-state index in [1.54, 1.807) is 11.0 Å². The highest BCUT2D eigenvalue weighted by Crippen LogP contribution is 2.26. The van der Waals surface area contributed by atoms with Crippen LogP contribution in [0.25, 0.3) is 0 Å². The van der Waals surface area contributed by atoms with Gasteiger partial charge < -0.3 is 4.90 Å². The lowest BCUT2D eigenvalue weighted by atomic mass is 10.1. The second kappa shape index (κ2) is 8.91. The third-order valence-electron chi connectivity index (χ3n) is 4.41. The second-order valence-corrected chi connectivity index (χ2v) is 10.4. The first-order valence-electron chi connectivity index (χ1n) is 8.70. The first-order valence-corrected chi connectivity index (χ1v) is 11.3. The van der Waals surface area contributed by atoms with E-state index in [0.29, 0.717) is 29.6 Å². The van der Waals surface area contributed by atoms with Gasteiger partial charge in [-0.15, -0.1) is 0 Å². The van der Waals surface area contributed by atoms with Crippen LogP contribution in [-0.4, -0.2) is 61.8 Å². The molecule has 0 aromatic heterocycles. The van der Waals surface area contributed by atoms with Crippen molar-refractivity contribution in [2.45, 2.75) is 32.9 Å². The maximum atomic E-state index is 12.9. The number of rotatable bonds is 7. The number of likely N-dealkylation sites (N-methyl/N-ethyl adjacent to an activating group) is 1. The van der Waals surface area contributed by atoms with Gasteiger partial charge in [-0.1, -0.05) is 49.2 Å². The Bertz CT molecular complexity index is 753. The van der Waals surface area contributed by atoms with E-state index in [4.69, 9.17) is 23.2 Å². The van der Waals surface area contributed by atoms with Gasteiger partial charge in [0, 0.05) is 19.1 Å². The molecule has 0 unspecified atom stereocenters. The standard InChI is InChI=1S/C18H26Cl2N2O3S/c1-13(2)9-22(15-7-8-26(24,25)12-15)17(23)11-21(3)10-14-5-4-6-16(19)18(14)20/h4-6,13,15H,7-12H2,1-3H3/t15-/m0/s1. The third-order valence-corrected chi connectivity index (χ3v) is 7.02. The highest BCUT2D eigenvalue weighted by molar-refractivity contribution is 7.91. The van der Waals surface area contributed by atoms with Gasteiger partial charge in [-0.05, 0) is 31.0 Å². The van der Waals surface area contributed by atoms with Crippen LogP contribution in [0.1, 0.15) is 25.8 Å². The van der Waals surface area contributed by atoms with Gasteiger partial charge in [0.15, 0.2) is 9.84 Å². The molecule has 1 heterocycles. The average Bonchev–Trinajstić information content (AvgIpc) is 2.89. The topological polar surface area (TPSA) is 57.7 Å². The predicted molar refractivity (Wildman–Crippen MR) is 106 cm³/mol. The number of nitrogens with zero attached hydrogens (tertiary/aromatic N) is 2. The van der Waals surface area contributed by atoms with Crippen LogP contribution in [-0.2, 0) is 21.2 Å². The molecule has 8 heteroatoms. The van der Waals surface area contributed by atoms with Gasteiger partial charge in [-0.25, -0.2) is 8.42 Å². The number of hydrogen-bond donors (Lipinski definition) is 0. The molecule has 5 nitrogen and oxygen atoms in total. The molecule has 26 heavy (non-hydrogen) atoms. The Balaban J connectivity index is 2.05. The quantitative estimate of drug-likeness (QED) is 0.679. The van der Waals surface area contributed by atoms with Crippen LogP contribution >= 0.6 is 23.2 Å². The zero-order valence-electron chi connectivity index (χ0n) is 15.4. The van der Waals surface area contributed by atoms with Gasteiger partial charge >= 0.3 is 0 Å². The Kier molecular flexibility index (Phi) is 7.36. The van der Waals surface area contributed by atoms with E-state index in [0.717, 1.165) is 5.56 Å². The first-order chi connectivity index (χ1) is 12.1. The maximum Gasteiger partial charge on any atom is 0.237 e. The van der Waals surface area contributed by atoms with E-state index < -0.39 is 9.84 Å². The summed E-state index contributed by atoms with van der Waals surface area (Å²) in [6.45, 7) is 5.30. The van der Waals surface area contributed by atoms with E-state index in [2.05, 4.69) is 0 Å². The molecular formula is C18H26Cl2N2O3S. The van der Waals surface area contributed by atoms with Crippen LogP contribution in [0.15, 0.2) is 18.2 Å². The Hall–Kier alpha value is -0.820. The average molecular weight is 421 g/mol. The van der Waals surface area contributed by atoms with Gasteiger partial charge in [0.05, 0.1) is 28.1 Å². The Morgan fingerprint density at radius 1 is 1.31 bits per heavy atom. The number of halogens is 2. The van der Waals surface area contributed by atoms with E-state index in [1.165, 1.54) is 0 Å². The van der Waals surface area contributed by atoms with Crippen molar-refractivity contribution in [1.82, 2.24) is 9.80 Å². The summed E-state index contributed by atoms with van der Waals surface area (Å²) in [4.78, 5) is 16.5. The van der Waals surface area contributed by atoms with E-state index in [1.807, 2.05) is 37.9 Å². The van der Waals surface area contributed by atoms with Crippen LogP contribution < -0.4 is 0 Å². The molecule has 1 aromatic rings. The maximum absolute atomic E-state index is 12.9. The molecule has 0 radical (unpaired) electrons. The molecular weight excluding hydrogens is 395 g/mol. The van der Waals surface area contributed by atoms with Gasteiger partial charge in [0.1, 0.15) is 0 Å². The number of benzene rings is 1. The fourth-order valence-corrected chi connectivity index (χ4v) is 5.32. The van der Waals surface area contributed by atoms with Gasteiger partial charge in [0.2, 0.25) is 5.91 Å². The van der Waals surface area contributed by atoms with Crippen molar-refractivity contribution in [2.24, 2.45) is 5.92 Å². The van der Waals surface area contributed by atoms with Crippen molar-refractivity contribution in [3.05, 3.63) is 33.8 Å². The molecule has 1 aliphatic heterocycles. The lowest BCUT2D eigenvalue weighted by Crippen LogP contribution is -2.47. The molecule has 0 N–H and O–H groups in total. The molecule has 1 aliphatic rings. The number of carbonyl (C=O) groups excluding carboxylic acids is 1. The summed E-state index contributed by atoms with van der Waals surface area (Å²) in [6, 6.07) is 5.21. The summed E-state index contributed by atoms with van der Waals surface area (Å²) in [5, 5.41) is 0.982. The number of hydrogen-bond acceptors (Lipinski definition) is 4. The van der Waals surface area contributed by atoms with Crippen LogP contribution in [0.5, 0.6) is 0 Å². The van der Waals surface area contributed by atoms with Gasteiger partial charge in [-0.2, -0.15) is 0 Å². The van der Waals surface area contributed by atoms with Crippen molar-refractivity contribution in [2.75, 3.05) is 31.6 Å². The van der Waals surface area contributed by atoms with Crippen molar-refractivity contribution in [3.8, 4) is 0 Å². The monoisotopic (exact) mass is 420 g/mol. The highest BCUT2D eigenvalue weighted by atomic mass is 35.5. The van der Waals surface area contributed by atoms with Crippen molar-refractivity contribution < 1.29 is 13.2 Å². The van der Waals surface area contributed by atoms with Crippen LogP contribution in [0, 0.1) is 5.92 Å². The molecule has 0 bridgehead atoms. The van der Waals surface area contributed by atoms with E-state index in [-0.39, 0.29) is 35.9 Å². The zero-order chi connectivity index (χ0) is 19.5. The molecule has 1 aromatic carbocycles.